The van der Waals surface area contributed by atoms with Crippen molar-refractivity contribution in [3.63, 3.8) is 0 Å². The molecule has 0 radical (unpaired) electrons. The minimum Gasteiger partial charge on any atom is -0.298 e. The predicted molar refractivity (Wildman–Crippen MR) is 77.3 cm³/mol. The first kappa shape index (κ1) is 15.4. The van der Waals surface area contributed by atoms with Crippen LogP contribution in [0.15, 0.2) is 30.5 Å². The van der Waals surface area contributed by atoms with Crippen molar-refractivity contribution in [3.8, 4) is 11.3 Å². The Morgan fingerprint density at radius 2 is 2.14 bits per heavy atom. The molecular weight excluding hydrogens is 295 g/mol. The lowest BCUT2D eigenvalue weighted by Crippen LogP contribution is -2.14. The number of hydrogen-bond donors (Lipinski definition) is 0. The lowest BCUT2D eigenvalue weighted by molar-refractivity contribution is 0.112. The summed E-state index contributed by atoms with van der Waals surface area (Å²) in [5.41, 5.74) is 1.13. The third-order valence-corrected chi connectivity index (χ3v) is 4.77. The molecular formula is C14H15FN2O3S. The van der Waals surface area contributed by atoms with Gasteiger partial charge >= 0.3 is 0 Å². The summed E-state index contributed by atoms with van der Waals surface area (Å²) < 4.78 is 37.6. The Kier molecular flexibility index (Phi) is 4.52. The smallest absolute Gasteiger partial charge is 0.153 e. The first-order chi connectivity index (χ1) is 9.95. The van der Waals surface area contributed by atoms with Gasteiger partial charge < -0.3 is 0 Å². The van der Waals surface area contributed by atoms with Gasteiger partial charge in [-0.1, -0.05) is 19.1 Å². The maximum absolute atomic E-state index is 13.2. The second-order valence-corrected chi connectivity index (χ2v) is 7.03. The molecule has 0 aliphatic heterocycles. The van der Waals surface area contributed by atoms with Crippen LogP contribution in [0.5, 0.6) is 0 Å². The van der Waals surface area contributed by atoms with Crippen molar-refractivity contribution in [2.45, 2.75) is 13.5 Å². The van der Waals surface area contributed by atoms with Crippen molar-refractivity contribution in [1.82, 2.24) is 9.78 Å². The van der Waals surface area contributed by atoms with Crippen LogP contribution >= 0.6 is 0 Å². The van der Waals surface area contributed by atoms with E-state index < -0.39 is 15.7 Å². The van der Waals surface area contributed by atoms with Crippen molar-refractivity contribution >= 4 is 16.1 Å². The van der Waals surface area contributed by atoms with Crippen LogP contribution in [-0.2, 0) is 16.4 Å². The number of nitrogens with zero attached hydrogens (tertiary/aromatic N) is 2. The Bertz CT molecular complexity index is 753. The Morgan fingerprint density at radius 1 is 1.38 bits per heavy atom. The van der Waals surface area contributed by atoms with Crippen LogP contribution < -0.4 is 0 Å². The first-order valence-electron chi connectivity index (χ1n) is 6.44. The number of hydrogen-bond acceptors (Lipinski definition) is 4. The molecule has 2 rings (SSSR count). The topological polar surface area (TPSA) is 69.0 Å². The minimum absolute atomic E-state index is 0.0495. The van der Waals surface area contributed by atoms with Crippen LogP contribution in [0.4, 0.5) is 4.39 Å². The van der Waals surface area contributed by atoms with Crippen LogP contribution in [0.25, 0.3) is 11.3 Å². The van der Waals surface area contributed by atoms with Gasteiger partial charge in [-0.15, -0.1) is 0 Å². The van der Waals surface area contributed by atoms with E-state index in [1.54, 1.807) is 13.0 Å². The van der Waals surface area contributed by atoms with Gasteiger partial charge in [0.15, 0.2) is 16.1 Å². The zero-order valence-corrected chi connectivity index (χ0v) is 12.3. The van der Waals surface area contributed by atoms with Crippen LogP contribution in [-0.4, -0.2) is 36.0 Å². The zero-order valence-electron chi connectivity index (χ0n) is 11.5. The maximum atomic E-state index is 13.2. The number of rotatable bonds is 6. The lowest BCUT2D eigenvalue weighted by Gasteiger charge is -2.02. The van der Waals surface area contributed by atoms with E-state index in [-0.39, 0.29) is 18.1 Å². The fourth-order valence-corrected chi connectivity index (χ4v) is 2.63. The van der Waals surface area contributed by atoms with Gasteiger partial charge in [0.25, 0.3) is 0 Å². The lowest BCUT2D eigenvalue weighted by atomic mass is 10.1. The highest BCUT2D eigenvalue weighted by atomic mass is 32.2. The summed E-state index contributed by atoms with van der Waals surface area (Å²) in [6.45, 7) is 1.74. The summed E-state index contributed by atoms with van der Waals surface area (Å²) >= 11 is 0. The van der Waals surface area contributed by atoms with Gasteiger partial charge in [-0.25, -0.2) is 12.8 Å². The van der Waals surface area contributed by atoms with Crippen LogP contribution in [0.2, 0.25) is 0 Å². The van der Waals surface area contributed by atoms with Crippen molar-refractivity contribution in [3.05, 3.63) is 41.8 Å². The molecule has 0 amide bonds. The quantitative estimate of drug-likeness (QED) is 0.765. The van der Waals surface area contributed by atoms with E-state index in [4.69, 9.17) is 0 Å². The normalized spacial score (nSPS) is 11.5. The molecule has 0 fully saturated rings. The molecule has 0 saturated carbocycles. The molecule has 0 spiro atoms. The highest BCUT2D eigenvalue weighted by Gasteiger charge is 2.13. The number of aldehydes is 1. The summed E-state index contributed by atoms with van der Waals surface area (Å²) in [6, 6.07) is 5.75. The van der Waals surface area contributed by atoms with E-state index in [0.29, 0.717) is 23.1 Å². The SMILES string of the molecule is CCS(=O)(=O)CCn1cc(C=O)c(-c2cccc(F)c2)n1. The van der Waals surface area contributed by atoms with Gasteiger partial charge in [-0.05, 0) is 12.1 Å². The number of aryl methyl sites for hydroxylation is 1. The molecule has 0 atom stereocenters. The van der Waals surface area contributed by atoms with E-state index in [9.17, 15) is 17.6 Å². The molecule has 21 heavy (non-hydrogen) atoms. The molecule has 0 aliphatic carbocycles. The van der Waals surface area contributed by atoms with Gasteiger partial charge in [0, 0.05) is 17.5 Å². The number of sulfone groups is 1. The van der Waals surface area contributed by atoms with E-state index in [2.05, 4.69) is 5.10 Å². The summed E-state index contributed by atoms with van der Waals surface area (Å²) in [5, 5.41) is 4.18. The van der Waals surface area contributed by atoms with Crippen molar-refractivity contribution in [1.29, 1.82) is 0 Å². The molecule has 2 aromatic rings. The monoisotopic (exact) mass is 310 g/mol. The second kappa shape index (κ2) is 6.17. The highest BCUT2D eigenvalue weighted by Crippen LogP contribution is 2.21. The number of carbonyl (C=O) groups is 1. The predicted octanol–water partition coefficient (Wildman–Crippen LogP) is 1.94. The van der Waals surface area contributed by atoms with Crippen molar-refractivity contribution in [2.24, 2.45) is 0 Å². The summed E-state index contributed by atoms with van der Waals surface area (Å²) in [5.74, 6) is -0.412. The van der Waals surface area contributed by atoms with E-state index >= 15 is 0 Å². The molecule has 1 heterocycles. The number of aromatic nitrogens is 2. The highest BCUT2D eigenvalue weighted by molar-refractivity contribution is 7.91. The van der Waals surface area contributed by atoms with Crippen LogP contribution in [0.3, 0.4) is 0 Å². The van der Waals surface area contributed by atoms with Crippen LogP contribution in [0.1, 0.15) is 17.3 Å². The molecule has 1 aromatic heterocycles. The van der Waals surface area contributed by atoms with E-state index in [1.807, 2.05) is 0 Å². The molecule has 112 valence electrons. The Morgan fingerprint density at radius 3 is 2.76 bits per heavy atom. The fourth-order valence-electron chi connectivity index (χ4n) is 1.87. The summed E-state index contributed by atoms with van der Waals surface area (Å²) in [7, 11) is -3.11. The fraction of sp³-hybridized carbons (Fsp3) is 0.286. The molecule has 7 heteroatoms. The summed E-state index contributed by atoms with van der Waals surface area (Å²) in [4.78, 5) is 11.1. The number of benzene rings is 1. The zero-order chi connectivity index (χ0) is 15.5. The average molecular weight is 310 g/mol. The molecule has 0 N–H and O–H groups in total. The molecule has 1 aromatic carbocycles. The Balaban J connectivity index is 2.30. The molecule has 0 aliphatic rings. The second-order valence-electron chi connectivity index (χ2n) is 4.56. The third-order valence-electron chi connectivity index (χ3n) is 3.09. The van der Waals surface area contributed by atoms with Gasteiger partial charge in [0.2, 0.25) is 0 Å². The third kappa shape index (κ3) is 3.75. The van der Waals surface area contributed by atoms with E-state index in [0.717, 1.165) is 0 Å². The largest absolute Gasteiger partial charge is 0.298 e. The standard InChI is InChI=1S/C14H15FN2O3S/c1-2-21(19,20)7-6-17-9-12(10-18)14(16-17)11-4-3-5-13(15)8-11/h3-5,8-10H,2,6-7H2,1H3. The molecule has 5 nitrogen and oxygen atoms in total. The Labute approximate surface area is 122 Å². The van der Waals surface area contributed by atoms with Crippen LogP contribution in [0, 0.1) is 5.82 Å². The van der Waals surface area contributed by atoms with E-state index in [1.165, 1.54) is 29.1 Å². The van der Waals surface area contributed by atoms with Crippen molar-refractivity contribution in [2.75, 3.05) is 11.5 Å². The molecule has 0 unspecified atom stereocenters. The number of carbonyl (C=O) groups excluding carboxylic acids is 1. The average Bonchev–Trinajstić information content (AvgIpc) is 2.89. The first-order valence-corrected chi connectivity index (χ1v) is 8.26. The van der Waals surface area contributed by atoms with Gasteiger partial charge in [-0.3, -0.25) is 9.48 Å². The van der Waals surface area contributed by atoms with Gasteiger partial charge in [-0.2, -0.15) is 5.10 Å². The van der Waals surface area contributed by atoms with Gasteiger partial charge in [0.05, 0.1) is 17.9 Å². The number of halogens is 1. The molecule has 0 saturated heterocycles. The summed E-state index contributed by atoms with van der Waals surface area (Å²) in [6.07, 6.45) is 2.09. The minimum atomic E-state index is -3.11. The van der Waals surface area contributed by atoms with Gasteiger partial charge in [0.1, 0.15) is 11.5 Å². The maximum Gasteiger partial charge on any atom is 0.153 e. The Hall–Kier alpha value is -2.02. The van der Waals surface area contributed by atoms with Crippen molar-refractivity contribution < 1.29 is 17.6 Å². The molecule has 0 bridgehead atoms.